The molecule has 0 spiro atoms. The van der Waals surface area contributed by atoms with Gasteiger partial charge in [0, 0.05) is 12.0 Å². The largest absolute Gasteiger partial charge is 0.444 e. The number of nitrogens with one attached hydrogen (secondary N) is 1. The van der Waals surface area contributed by atoms with Gasteiger partial charge in [-0.3, -0.25) is 4.79 Å². The normalized spacial score (nSPS) is 11.0. The van der Waals surface area contributed by atoms with E-state index in [0.717, 1.165) is 17.0 Å². The second-order valence-corrected chi connectivity index (χ2v) is 6.90. The van der Waals surface area contributed by atoms with Crippen molar-refractivity contribution in [2.24, 2.45) is 5.92 Å². The van der Waals surface area contributed by atoms with Gasteiger partial charge in [0.2, 0.25) is 16.9 Å². The van der Waals surface area contributed by atoms with Gasteiger partial charge in [0.15, 0.2) is 0 Å². The maximum atomic E-state index is 12.1. The molecule has 0 aliphatic rings. The SMILES string of the molecule is CC(C)Cc1nnc(NC(=O)Cc2coc(-c3ccccc3)n2)s1. The molecule has 124 valence electrons. The van der Waals surface area contributed by atoms with Crippen LogP contribution in [-0.4, -0.2) is 21.1 Å². The Morgan fingerprint density at radius 3 is 2.79 bits per heavy atom. The average molecular weight is 342 g/mol. The van der Waals surface area contributed by atoms with Crippen molar-refractivity contribution >= 4 is 22.4 Å². The Balaban J connectivity index is 1.59. The van der Waals surface area contributed by atoms with Crippen LogP contribution in [0.25, 0.3) is 11.5 Å². The van der Waals surface area contributed by atoms with Crippen LogP contribution in [0.2, 0.25) is 0 Å². The van der Waals surface area contributed by atoms with E-state index in [4.69, 9.17) is 4.42 Å². The first kappa shape index (κ1) is 16.3. The Labute approximate surface area is 144 Å². The lowest BCUT2D eigenvalue weighted by atomic mass is 10.1. The second kappa shape index (κ2) is 7.35. The number of anilines is 1. The third kappa shape index (κ3) is 4.26. The Bertz CT molecular complexity index is 811. The molecule has 2 heterocycles. The number of benzene rings is 1. The quantitative estimate of drug-likeness (QED) is 0.740. The number of aromatic nitrogens is 3. The third-order valence-electron chi connectivity index (χ3n) is 3.21. The molecule has 0 unspecified atom stereocenters. The number of hydrogen-bond donors (Lipinski definition) is 1. The minimum absolute atomic E-state index is 0.134. The van der Waals surface area contributed by atoms with E-state index >= 15 is 0 Å². The van der Waals surface area contributed by atoms with E-state index in [9.17, 15) is 4.79 Å². The van der Waals surface area contributed by atoms with E-state index in [1.165, 1.54) is 17.6 Å². The number of carbonyl (C=O) groups excluding carboxylic acids is 1. The van der Waals surface area contributed by atoms with E-state index in [1.54, 1.807) is 0 Å². The molecule has 7 heteroatoms. The summed E-state index contributed by atoms with van der Waals surface area (Å²) in [6.45, 7) is 4.24. The van der Waals surface area contributed by atoms with Crippen LogP contribution in [-0.2, 0) is 17.6 Å². The van der Waals surface area contributed by atoms with E-state index < -0.39 is 0 Å². The summed E-state index contributed by atoms with van der Waals surface area (Å²) in [5.41, 5.74) is 1.46. The Morgan fingerprint density at radius 2 is 2.04 bits per heavy atom. The molecule has 3 aromatic rings. The minimum atomic E-state index is -0.185. The monoisotopic (exact) mass is 342 g/mol. The second-order valence-electron chi connectivity index (χ2n) is 5.83. The van der Waals surface area contributed by atoms with Crippen LogP contribution >= 0.6 is 11.3 Å². The van der Waals surface area contributed by atoms with Gasteiger partial charge in [0.05, 0.1) is 12.1 Å². The molecule has 0 fully saturated rings. The van der Waals surface area contributed by atoms with Crippen molar-refractivity contribution in [3.63, 3.8) is 0 Å². The molecule has 24 heavy (non-hydrogen) atoms. The highest BCUT2D eigenvalue weighted by Crippen LogP contribution is 2.20. The zero-order valence-corrected chi connectivity index (χ0v) is 14.3. The molecule has 0 aliphatic carbocycles. The van der Waals surface area contributed by atoms with Crippen LogP contribution in [0.5, 0.6) is 0 Å². The molecule has 0 atom stereocenters. The van der Waals surface area contributed by atoms with Crippen molar-refractivity contribution in [2.75, 3.05) is 5.32 Å². The first-order chi connectivity index (χ1) is 11.6. The van der Waals surface area contributed by atoms with Gasteiger partial charge in [-0.05, 0) is 18.1 Å². The molecule has 6 nitrogen and oxygen atoms in total. The van der Waals surface area contributed by atoms with Gasteiger partial charge in [0.1, 0.15) is 11.3 Å². The maximum absolute atomic E-state index is 12.1. The van der Waals surface area contributed by atoms with Crippen LogP contribution in [0.4, 0.5) is 5.13 Å². The van der Waals surface area contributed by atoms with E-state index in [-0.39, 0.29) is 12.3 Å². The number of rotatable bonds is 6. The van der Waals surface area contributed by atoms with Crippen molar-refractivity contribution in [1.29, 1.82) is 0 Å². The summed E-state index contributed by atoms with van der Waals surface area (Å²) >= 11 is 1.40. The molecule has 0 saturated heterocycles. The summed E-state index contributed by atoms with van der Waals surface area (Å²) in [4.78, 5) is 16.5. The molecule has 0 radical (unpaired) electrons. The maximum Gasteiger partial charge on any atom is 0.232 e. The summed E-state index contributed by atoms with van der Waals surface area (Å²) in [6, 6.07) is 9.57. The van der Waals surface area contributed by atoms with E-state index in [2.05, 4.69) is 34.3 Å². The standard InChI is InChI=1S/C17H18N4O2S/c1-11(2)8-15-20-21-17(24-15)19-14(22)9-13-10-23-16(18-13)12-6-4-3-5-7-12/h3-7,10-11H,8-9H2,1-2H3,(H,19,21,22). The molecule has 1 amide bonds. The fourth-order valence-electron chi connectivity index (χ4n) is 2.17. The van der Waals surface area contributed by atoms with Crippen LogP contribution < -0.4 is 5.32 Å². The molecule has 1 N–H and O–H groups in total. The summed E-state index contributed by atoms with van der Waals surface area (Å²) < 4.78 is 5.43. The molecule has 3 rings (SSSR count). The zero-order valence-electron chi connectivity index (χ0n) is 13.5. The summed E-state index contributed by atoms with van der Waals surface area (Å²) in [6.07, 6.45) is 2.50. The summed E-state index contributed by atoms with van der Waals surface area (Å²) in [5.74, 6) is 0.830. The summed E-state index contributed by atoms with van der Waals surface area (Å²) in [7, 11) is 0. The first-order valence-electron chi connectivity index (χ1n) is 7.72. The fraction of sp³-hybridized carbons (Fsp3) is 0.294. The highest BCUT2D eigenvalue weighted by atomic mass is 32.1. The number of oxazole rings is 1. The molecule has 1 aromatic carbocycles. The number of amides is 1. The Hall–Kier alpha value is -2.54. The van der Waals surface area contributed by atoms with Crippen LogP contribution in [0.3, 0.4) is 0 Å². The first-order valence-corrected chi connectivity index (χ1v) is 8.54. The van der Waals surface area contributed by atoms with Gasteiger partial charge in [-0.25, -0.2) is 4.98 Å². The van der Waals surface area contributed by atoms with E-state index in [0.29, 0.717) is 22.6 Å². The van der Waals surface area contributed by atoms with Crippen molar-refractivity contribution < 1.29 is 9.21 Å². The molecule has 2 aromatic heterocycles. The minimum Gasteiger partial charge on any atom is -0.444 e. The van der Waals surface area contributed by atoms with Gasteiger partial charge in [-0.2, -0.15) is 0 Å². The predicted octanol–water partition coefficient (Wildman–Crippen LogP) is 3.57. The van der Waals surface area contributed by atoms with Crippen molar-refractivity contribution in [2.45, 2.75) is 26.7 Å². The molecule has 0 saturated carbocycles. The van der Waals surface area contributed by atoms with Crippen molar-refractivity contribution in [1.82, 2.24) is 15.2 Å². The third-order valence-corrected chi connectivity index (χ3v) is 4.07. The zero-order chi connectivity index (χ0) is 16.9. The summed E-state index contributed by atoms with van der Waals surface area (Å²) in [5, 5.41) is 12.3. The van der Waals surface area contributed by atoms with Gasteiger partial charge in [-0.1, -0.05) is 43.4 Å². The average Bonchev–Trinajstić information content (AvgIpc) is 3.17. The predicted molar refractivity (Wildman–Crippen MR) is 92.7 cm³/mol. The molecule has 0 aliphatic heterocycles. The highest BCUT2D eigenvalue weighted by Gasteiger charge is 2.13. The number of carbonyl (C=O) groups is 1. The fourth-order valence-corrected chi connectivity index (χ4v) is 3.13. The van der Waals surface area contributed by atoms with Crippen LogP contribution in [0, 0.1) is 5.92 Å². The smallest absolute Gasteiger partial charge is 0.232 e. The molecule has 0 bridgehead atoms. The van der Waals surface area contributed by atoms with Gasteiger partial charge >= 0.3 is 0 Å². The lowest BCUT2D eigenvalue weighted by Gasteiger charge is -1.98. The topological polar surface area (TPSA) is 80.9 Å². The Kier molecular flexibility index (Phi) is 5.00. The van der Waals surface area contributed by atoms with Crippen LogP contribution in [0.15, 0.2) is 41.0 Å². The molecular formula is C17H18N4O2S. The van der Waals surface area contributed by atoms with Crippen LogP contribution in [0.1, 0.15) is 24.5 Å². The lowest BCUT2D eigenvalue weighted by molar-refractivity contribution is -0.115. The lowest BCUT2D eigenvalue weighted by Crippen LogP contribution is -2.14. The van der Waals surface area contributed by atoms with Gasteiger partial charge < -0.3 is 9.73 Å². The van der Waals surface area contributed by atoms with Gasteiger partial charge in [-0.15, -0.1) is 10.2 Å². The van der Waals surface area contributed by atoms with Crippen molar-refractivity contribution in [3.8, 4) is 11.5 Å². The number of nitrogens with zero attached hydrogens (tertiary/aromatic N) is 3. The van der Waals surface area contributed by atoms with E-state index in [1.807, 2.05) is 30.3 Å². The number of hydrogen-bond acceptors (Lipinski definition) is 6. The van der Waals surface area contributed by atoms with Crippen molar-refractivity contribution in [3.05, 3.63) is 47.3 Å². The highest BCUT2D eigenvalue weighted by molar-refractivity contribution is 7.15. The van der Waals surface area contributed by atoms with Gasteiger partial charge in [0.25, 0.3) is 0 Å². The molecular weight excluding hydrogens is 324 g/mol. The Morgan fingerprint density at radius 1 is 1.25 bits per heavy atom.